The van der Waals surface area contributed by atoms with Crippen molar-refractivity contribution in [2.75, 3.05) is 31.1 Å². The lowest BCUT2D eigenvalue weighted by molar-refractivity contribution is 0.0697. The molecule has 202 valence electrons. The second-order valence-electron chi connectivity index (χ2n) is 8.44. The molecule has 1 N–H and O–H groups in total. The summed E-state index contributed by atoms with van der Waals surface area (Å²) in [5, 5.41) is 11.9. The average Bonchev–Trinajstić information content (AvgIpc) is 2.87. The summed E-state index contributed by atoms with van der Waals surface area (Å²) in [6.07, 6.45) is 0. The minimum Gasteiger partial charge on any atom is -0.759 e. The van der Waals surface area contributed by atoms with Crippen molar-refractivity contribution >= 4 is 33.0 Å². The summed E-state index contributed by atoms with van der Waals surface area (Å²) in [5.41, 5.74) is 4.62. The van der Waals surface area contributed by atoms with Crippen LogP contribution in [0.3, 0.4) is 0 Å². The molecule has 0 unspecified atom stereocenters. The fourth-order valence-electron chi connectivity index (χ4n) is 4.62. The Morgan fingerprint density at radius 2 is 1.55 bits per heavy atom. The molecule has 0 atom stereocenters. The number of aromatic carboxylic acids is 1. The van der Waals surface area contributed by atoms with Crippen molar-refractivity contribution in [2.45, 2.75) is 27.7 Å². The van der Waals surface area contributed by atoms with Gasteiger partial charge in [0.2, 0.25) is 5.36 Å². The van der Waals surface area contributed by atoms with Gasteiger partial charge in [-0.2, -0.15) is 0 Å². The molecule has 2 aromatic carbocycles. The van der Waals surface area contributed by atoms with E-state index in [9.17, 15) is 9.90 Å². The Morgan fingerprint density at radius 1 is 0.921 bits per heavy atom. The van der Waals surface area contributed by atoms with E-state index in [-0.39, 0.29) is 5.56 Å². The van der Waals surface area contributed by atoms with Crippen molar-refractivity contribution in [2.24, 2.45) is 0 Å². The summed E-state index contributed by atoms with van der Waals surface area (Å²) in [4.78, 5) is 14.3. The monoisotopic (exact) mass is 539 g/mol. The lowest BCUT2D eigenvalue weighted by Gasteiger charge is -2.22. The summed E-state index contributed by atoms with van der Waals surface area (Å²) in [5.74, 6) is -0.189. The summed E-state index contributed by atoms with van der Waals surface area (Å²) in [6.45, 7) is 12.1. The predicted octanol–water partition coefficient (Wildman–Crippen LogP) is 4.22. The van der Waals surface area contributed by atoms with Crippen LogP contribution < -0.4 is 14.8 Å². The van der Waals surface area contributed by atoms with Gasteiger partial charge in [0, 0.05) is 57.8 Å². The third kappa shape index (κ3) is 6.58. The fourth-order valence-corrected chi connectivity index (χ4v) is 4.62. The number of fused-ring (bicyclic) bond motifs is 2. The Balaban J connectivity index is 0.000000732. The summed E-state index contributed by atoms with van der Waals surface area (Å²) < 4.78 is 42.8. The van der Waals surface area contributed by atoms with Crippen LogP contribution in [-0.4, -0.2) is 54.8 Å². The topological polar surface area (TPSA) is 137 Å². The Kier molecular flexibility index (Phi) is 9.26. The van der Waals surface area contributed by atoms with Gasteiger partial charge in [0.15, 0.2) is 0 Å². The Labute approximate surface area is 222 Å². The van der Waals surface area contributed by atoms with Gasteiger partial charge in [0.25, 0.3) is 0 Å². The molecule has 9 nitrogen and oxygen atoms in total. The maximum Gasteiger partial charge on any atom is 0.336 e. The zero-order valence-electron chi connectivity index (χ0n) is 21.8. The molecule has 0 saturated heterocycles. The van der Waals surface area contributed by atoms with Gasteiger partial charge in [0.05, 0.1) is 11.6 Å². The Morgan fingerprint density at radius 3 is 2.13 bits per heavy atom. The predicted molar refractivity (Wildman–Crippen MR) is 146 cm³/mol. The molecule has 1 aliphatic heterocycles. The van der Waals surface area contributed by atoms with Crippen molar-refractivity contribution in [3.8, 4) is 22.5 Å². The van der Waals surface area contributed by atoms with Crippen LogP contribution in [0, 0.1) is 0 Å². The van der Waals surface area contributed by atoms with E-state index in [2.05, 4.69) is 73.6 Å². The molecule has 0 radical (unpaired) electrons. The van der Waals surface area contributed by atoms with Crippen LogP contribution in [0.2, 0.25) is 0 Å². The SMILES string of the molecule is CCN(CC)c1ccc2c(-c3ccccc3C(=O)O)c3ccc(=[N+](CC)CC)cc-3oc2c1.O=S(=O)([O-])[O-]. The first kappa shape index (κ1) is 28.8. The molecule has 38 heavy (non-hydrogen) atoms. The van der Waals surface area contributed by atoms with Gasteiger partial charge in [-0.15, -0.1) is 0 Å². The highest BCUT2D eigenvalue weighted by atomic mass is 32.3. The van der Waals surface area contributed by atoms with Gasteiger partial charge in [-0.1, -0.05) is 18.2 Å². The van der Waals surface area contributed by atoms with E-state index >= 15 is 0 Å². The molecular formula is C28H31N2O7S-. The van der Waals surface area contributed by atoms with Gasteiger partial charge in [-0.25, -0.2) is 9.37 Å². The van der Waals surface area contributed by atoms with Gasteiger partial charge in [0.1, 0.15) is 24.4 Å². The number of nitrogens with zero attached hydrogens (tertiary/aromatic N) is 2. The van der Waals surface area contributed by atoms with Crippen molar-refractivity contribution in [1.29, 1.82) is 0 Å². The molecule has 4 rings (SSSR count). The van der Waals surface area contributed by atoms with Crippen molar-refractivity contribution in [3.63, 3.8) is 0 Å². The molecule has 0 spiro atoms. The van der Waals surface area contributed by atoms with Gasteiger partial charge < -0.3 is 23.5 Å². The molecule has 0 saturated carbocycles. The first-order valence-electron chi connectivity index (χ1n) is 12.3. The summed E-state index contributed by atoms with van der Waals surface area (Å²) >= 11 is 0. The molecule has 0 aromatic heterocycles. The van der Waals surface area contributed by atoms with E-state index in [1.165, 1.54) is 0 Å². The van der Waals surface area contributed by atoms with Crippen LogP contribution >= 0.6 is 0 Å². The lowest BCUT2D eigenvalue weighted by atomic mass is 9.90. The zero-order chi connectivity index (χ0) is 28.0. The lowest BCUT2D eigenvalue weighted by Crippen LogP contribution is -2.29. The second-order valence-corrected chi connectivity index (χ2v) is 9.26. The fraction of sp³-hybridized carbons (Fsp3) is 0.286. The summed E-state index contributed by atoms with van der Waals surface area (Å²) in [6, 6.07) is 19.6. The van der Waals surface area contributed by atoms with Gasteiger partial charge >= 0.3 is 5.97 Å². The second kappa shape index (κ2) is 12.2. The highest BCUT2D eigenvalue weighted by molar-refractivity contribution is 7.79. The average molecular weight is 540 g/mol. The van der Waals surface area contributed by atoms with Crippen LogP contribution in [0.15, 0.2) is 65.1 Å². The van der Waals surface area contributed by atoms with Crippen LogP contribution in [0.1, 0.15) is 38.1 Å². The number of hydrogen-bond donors (Lipinski definition) is 1. The third-order valence-corrected chi connectivity index (χ3v) is 6.37. The highest BCUT2D eigenvalue weighted by Crippen LogP contribution is 2.42. The quantitative estimate of drug-likeness (QED) is 0.159. The number of anilines is 1. The highest BCUT2D eigenvalue weighted by Gasteiger charge is 2.22. The standard InChI is InChI=1S/C28H30N2O3.H2O4S/c1-5-29(6-2)19-13-15-23-25(17-19)33-26-18-20(30(7-3)8-4)14-16-24(26)27(23)21-11-9-10-12-22(21)28(31)32;1-5(2,3)4/h9-18H,5-8H2,1-4H3;(H2,1,2,3,4)/p-1. The number of rotatable bonds is 7. The molecule has 1 aliphatic carbocycles. The molecule has 0 fully saturated rings. The molecule has 0 amide bonds. The normalized spacial score (nSPS) is 11.2. The Bertz CT molecular complexity index is 1570. The van der Waals surface area contributed by atoms with E-state index in [4.69, 9.17) is 21.9 Å². The smallest absolute Gasteiger partial charge is 0.336 e. The molecule has 1 heterocycles. The van der Waals surface area contributed by atoms with E-state index in [1.54, 1.807) is 12.1 Å². The Hall–Kier alpha value is -3.73. The summed E-state index contributed by atoms with van der Waals surface area (Å²) in [7, 11) is -5.17. The maximum absolute atomic E-state index is 12.1. The minimum atomic E-state index is -5.17. The first-order chi connectivity index (χ1) is 18.0. The van der Waals surface area contributed by atoms with Gasteiger partial charge in [-0.05, 0) is 57.5 Å². The van der Waals surface area contributed by atoms with Crippen molar-refractivity contribution < 1.29 is 31.8 Å². The van der Waals surface area contributed by atoms with Crippen LogP contribution in [0.5, 0.6) is 0 Å². The van der Waals surface area contributed by atoms with Crippen LogP contribution in [0.25, 0.3) is 33.4 Å². The number of carbonyl (C=O) groups is 1. The minimum absolute atomic E-state index is 0.284. The van der Waals surface area contributed by atoms with E-state index in [0.29, 0.717) is 5.56 Å². The van der Waals surface area contributed by atoms with Crippen LogP contribution in [-0.2, 0) is 10.4 Å². The molecule has 10 heteroatoms. The zero-order valence-corrected chi connectivity index (χ0v) is 22.6. The maximum atomic E-state index is 12.1. The largest absolute Gasteiger partial charge is 0.759 e. The first-order valence-corrected chi connectivity index (χ1v) is 13.7. The number of carboxylic acid groups (broad SMARTS) is 1. The molecule has 2 aromatic rings. The molecule has 0 bridgehead atoms. The van der Waals surface area contributed by atoms with Crippen LogP contribution in [0.4, 0.5) is 5.69 Å². The van der Waals surface area contributed by atoms with E-state index in [0.717, 1.165) is 65.1 Å². The molecule has 2 aliphatic rings. The molecular weight excluding hydrogens is 508 g/mol. The van der Waals surface area contributed by atoms with E-state index in [1.807, 2.05) is 12.1 Å². The third-order valence-electron chi connectivity index (χ3n) is 6.37. The van der Waals surface area contributed by atoms with E-state index < -0.39 is 16.4 Å². The van der Waals surface area contributed by atoms with Crippen molar-refractivity contribution in [3.05, 3.63) is 71.6 Å². The number of hydrogen-bond acceptors (Lipinski definition) is 7. The number of benzene rings is 3. The van der Waals surface area contributed by atoms with Crippen molar-refractivity contribution in [1.82, 2.24) is 4.58 Å². The van der Waals surface area contributed by atoms with Gasteiger partial charge in [-0.3, -0.25) is 8.42 Å². The number of carboxylic acids is 1.